The van der Waals surface area contributed by atoms with Crippen LogP contribution < -0.4 is 9.80 Å². The molecule has 0 unspecified atom stereocenters. The van der Waals surface area contributed by atoms with Crippen LogP contribution in [0.1, 0.15) is 46.6 Å². The number of anilines is 2. The summed E-state index contributed by atoms with van der Waals surface area (Å²) in [5.74, 6) is -1.53. The van der Waals surface area contributed by atoms with Crippen molar-refractivity contribution in [1.29, 1.82) is 5.26 Å². The van der Waals surface area contributed by atoms with E-state index in [0.717, 1.165) is 11.0 Å². The van der Waals surface area contributed by atoms with E-state index < -0.39 is 34.6 Å². The summed E-state index contributed by atoms with van der Waals surface area (Å²) in [7, 11) is 0. The van der Waals surface area contributed by atoms with Crippen molar-refractivity contribution < 1.29 is 27.2 Å². The Hall–Kier alpha value is -4.37. The van der Waals surface area contributed by atoms with Gasteiger partial charge in [-0.15, -0.1) is 0 Å². The first-order chi connectivity index (χ1) is 18.3. The summed E-state index contributed by atoms with van der Waals surface area (Å²) in [6, 6.07) is 11.9. The van der Waals surface area contributed by atoms with E-state index in [1.807, 2.05) is 0 Å². The fourth-order valence-electron chi connectivity index (χ4n) is 4.78. The fourth-order valence-corrected chi connectivity index (χ4v) is 5.30. The van der Waals surface area contributed by atoms with Gasteiger partial charge in [-0.2, -0.15) is 18.4 Å². The molecular weight excluding hydrogens is 534 g/mol. The molecule has 0 saturated carbocycles. The fraction of sp³-hybridized carbons (Fsp3) is 0.222. The SMILES string of the molecule is CC1(C)C(=O)N(c2ccc(C#N)c(C(F)(F)F)c2)C(=S)N1c1ccc(CN2Cc3ncccc3C2=O)c(F)c1. The topological polar surface area (TPSA) is 80.5 Å². The van der Waals surface area contributed by atoms with E-state index in [2.05, 4.69) is 4.98 Å². The molecule has 3 heterocycles. The van der Waals surface area contributed by atoms with Gasteiger partial charge in [-0.05, 0) is 68.5 Å². The second-order valence-electron chi connectivity index (χ2n) is 9.59. The van der Waals surface area contributed by atoms with Crippen LogP contribution >= 0.6 is 12.2 Å². The number of halogens is 4. The van der Waals surface area contributed by atoms with Crippen molar-refractivity contribution >= 4 is 40.5 Å². The van der Waals surface area contributed by atoms with Gasteiger partial charge in [0.15, 0.2) is 5.11 Å². The molecule has 1 saturated heterocycles. The lowest BCUT2D eigenvalue weighted by molar-refractivity contribution is -0.137. The monoisotopic (exact) mass is 553 g/mol. The number of nitrogens with zero attached hydrogens (tertiary/aromatic N) is 5. The minimum absolute atomic E-state index is 0.00827. The number of thiocarbonyl (C=S) groups is 1. The van der Waals surface area contributed by atoms with Crippen molar-refractivity contribution in [3.63, 3.8) is 0 Å². The molecule has 5 rings (SSSR count). The summed E-state index contributed by atoms with van der Waals surface area (Å²) in [5.41, 5.74) is -1.79. The van der Waals surface area contributed by atoms with Crippen molar-refractivity contribution in [2.75, 3.05) is 9.80 Å². The van der Waals surface area contributed by atoms with E-state index in [1.165, 1.54) is 54.0 Å². The lowest BCUT2D eigenvalue weighted by Crippen LogP contribution is -2.44. The maximum absolute atomic E-state index is 15.3. The first kappa shape index (κ1) is 26.2. The highest BCUT2D eigenvalue weighted by atomic mass is 32.1. The number of aromatic nitrogens is 1. The lowest BCUT2D eigenvalue weighted by Gasteiger charge is -2.29. The minimum atomic E-state index is -4.83. The normalized spacial score (nSPS) is 16.6. The van der Waals surface area contributed by atoms with Gasteiger partial charge in [0.2, 0.25) is 0 Å². The minimum Gasteiger partial charge on any atom is -0.328 e. The van der Waals surface area contributed by atoms with Gasteiger partial charge in [0.25, 0.3) is 11.8 Å². The molecule has 2 amide bonds. The Morgan fingerprint density at radius 3 is 2.46 bits per heavy atom. The second kappa shape index (κ2) is 9.13. The Bertz CT molecular complexity index is 1600. The number of carbonyl (C=O) groups excluding carboxylic acids is 2. The number of rotatable bonds is 4. The number of amides is 2. The highest BCUT2D eigenvalue weighted by Gasteiger charge is 2.51. The average molecular weight is 554 g/mol. The number of benzene rings is 2. The van der Waals surface area contributed by atoms with Crippen LogP contribution in [0.3, 0.4) is 0 Å². The standard InChI is InChI=1S/C27H19F4N5O2S/c1-26(2)24(38)35(17-7-5-15(12-32)20(10-17)27(29,30)31)25(39)36(26)18-8-6-16(21(28)11-18)13-34-14-22-19(23(34)37)4-3-9-33-22/h3-11H,13-14H2,1-2H3. The van der Waals surface area contributed by atoms with Crippen LogP contribution in [-0.4, -0.2) is 32.3 Å². The lowest BCUT2D eigenvalue weighted by atomic mass is 10.0. The Labute approximate surface area is 225 Å². The zero-order chi connectivity index (χ0) is 28.3. The molecule has 0 spiro atoms. The number of pyridine rings is 1. The van der Waals surface area contributed by atoms with Crippen LogP contribution in [0, 0.1) is 17.1 Å². The van der Waals surface area contributed by atoms with Crippen LogP contribution in [0.25, 0.3) is 0 Å². The third-order valence-electron chi connectivity index (χ3n) is 6.76. The van der Waals surface area contributed by atoms with E-state index >= 15 is 4.39 Å². The zero-order valence-electron chi connectivity index (χ0n) is 20.6. The Kier molecular flexibility index (Phi) is 6.14. The number of carbonyl (C=O) groups is 2. The molecule has 0 radical (unpaired) electrons. The number of alkyl halides is 3. The van der Waals surface area contributed by atoms with Gasteiger partial charge in [-0.1, -0.05) is 6.07 Å². The van der Waals surface area contributed by atoms with Gasteiger partial charge in [-0.3, -0.25) is 19.5 Å². The summed E-state index contributed by atoms with van der Waals surface area (Å²) in [4.78, 5) is 34.0. The molecule has 0 atom stereocenters. The Balaban J connectivity index is 1.44. The maximum Gasteiger partial charge on any atom is 0.417 e. The third-order valence-corrected chi connectivity index (χ3v) is 7.12. The van der Waals surface area contributed by atoms with E-state index in [-0.39, 0.29) is 41.0 Å². The van der Waals surface area contributed by atoms with Gasteiger partial charge in [0, 0.05) is 24.0 Å². The average Bonchev–Trinajstić information content (AvgIpc) is 3.28. The van der Waals surface area contributed by atoms with Crippen LogP contribution in [0.4, 0.5) is 28.9 Å². The summed E-state index contributed by atoms with van der Waals surface area (Å²) in [6.45, 7) is 3.28. The number of hydrogen-bond acceptors (Lipinski definition) is 5. The summed E-state index contributed by atoms with van der Waals surface area (Å²) >= 11 is 5.50. The molecule has 1 aromatic heterocycles. The molecule has 2 aliphatic rings. The molecule has 2 aliphatic heterocycles. The molecule has 12 heteroatoms. The van der Waals surface area contributed by atoms with Crippen molar-refractivity contribution in [2.24, 2.45) is 0 Å². The number of nitriles is 1. The smallest absolute Gasteiger partial charge is 0.328 e. The van der Waals surface area contributed by atoms with Crippen LogP contribution in [0.15, 0.2) is 54.7 Å². The quantitative estimate of drug-likeness (QED) is 0.327. The second-order valence-corrected chi connectivity index (χ2v) is 9.96. The van der Waals surface area contributed by atoms with Crippen molar-refractivity contribution in [3.8, 4) is 6.07 Å². The number of fused-ring (bicyclic) bond motifs is 1. The van der Waals surface area contributed by atoms with Gasteiger partial charge in [0.05, 0.1) is 40.7 Å². The largest absolute Gasteiger partial charge is 0.417 e. The summed E-state index contributed by atoms with van der Waals surface area (Å²) in [5, 5.41) is 8.94. The van der Waals surface area contributed by atoms with Gasteiger partial charge in [0.1, 0.15) is 11.4 Å². The maximum atomic E-state index is 15.3. The predicted molar refractivity (Wildman–Crippen MR) is 137 cm³/mol. The molecule has 0 aliphatic carbocycles. The van der Waals surface area contributed by atoms with Crippen LogP contribution in [0.2, 0.25) is 0 Å². The van der Waals surface area contributed by atoms with E-state index in [4.69, 9.17) is 17.5 Å². The molecule has 3 aromatic rings. The molecule has 2 aromatic carbocycles. The molecule has 39 heavy (non-hydrogen) atoms. The highest BCUT2D eigenvalue weighted by Crippen LogP contribution is 2.40. The molecule has 1 fully saturated rings. The third kappa shape index (κ3) is 4.28. The number of hydrogen-bond donors (Lipinski definition) is 0. The van der Waals surface area contributed by atoms with Crippen molar-refractivity contribution in [1.82, 2.24) is 9.88 Å². The van der Waals surface area contributed by atoms with Crippen molar-refractivity contribution in [2.45, 2.75) is 38.7 Å². The molecule has 7 nitrogen and oxygen atoms in total. The molecular formula is C27H19F4N5O2S. The van der Waals surface area contributed by atoms with E-state index in [0.29, 0.717) is 17.3 Å². The van der Waals surface area contributed by atoms with Crippen molar-refractivity contribution in [3.05, 3.63) is 88.5 Å². The summed E-state index contributed by atoms with van der Waals surface area (Å²) in [6.07, 6.45) is -3.24. The van der Waals surface area contributed by atoms with Gasteiger partial charge in [-0.25, -0.2) is 4.39 Å². The first-order valence-electron chi connectivity index (χ1n) is 11.7. The van der Waals surface area contributed by atoms with Gasteiger partial charge >= 0.3 is 6.18 Å². The van der Waals surface area contributed by atoms with E-state index in [9.17, 15) is 22.8 Å². The Morgan fingerprint density at radius 2 is 1.82 bits per heavy atom. The molecule has 0 N–H and O–H groups in total. The van der Waals surface area contributed by atoms with Gasteiger partial charge < -0.3 is 9.80 Å². The molecule has 198 valence electrons. The zero-order valence-corrected chi connectivity index (χ0v) is 21.4. The highest BCUT2D eigenvalue weighted by molar-refractivity contribution is 7.81. The van der Waals surface area contributed by atoms with Crippen LogP contribution in [0.5, 0.6) is 0 Å². The molecule has 0 bridgehead atoms. The summed E-state index contributed by atoms with van der Waals surface area (Å²) < 4.78 is 56.0. The first-order valence-corrected chi connectivity index (χ1v) is 12.1. The Morgan fingerprint density at radius 1 is 1.10 bits per heavy atom. The van der Waals surface area contributed by atoms with E-state index in [1.54, 1.807) is 18.3 Å². The predicted octanol–water partition coefficient (Wildman–Crippen LogP) is 5.18. The van der Waals surface area contributed by atoms with Crippen LogP contribution in [-0.2, 0) is 24.1 Å².